The summed E-state index contributed by atoms with van der Waals surface area (Å²) >= 11 is 9.76. The third-order valence-electron chi connectivity index (χ3n) is 5.71. The number of halogens is 2. The van der Waals surface area contributed by atoms with Crippen molar-refractivity contribution in [3.63, 3.8) is 0 Å². The molecular formula is C28H28ClIN2O5S. The molecule has 0 aliphatic carbocycles. The lowest BCUT2D eigenvalue weighted by Gasteiger charge is -2.26. The summed E-state index contributed by atoms with van der Waals surface area (Å²) in [4.78, 5) is 32.3. The van der Waals surface area contributed by atoms with Crippen molar-refractivity contribution >= 4 is 57.6 Å². The molecule has 0 N–H and O–H groups in total. The predicted molar refractivity (Wildman–Crippen MR) is 158 cm³/mol. The van der Waals surface area contributed by atoms with Gasteiger partial charge in [0.15, 0.2) is 4.80 Å². The first-order chi connectivity index (χ1) is 18.2. The van der Waals surface area contributed by atoms with E-state index in [1.807, 2.05) is 51.1 Å². The zero-order valence-electron chi connectivity index (χ0n) is 21.7. The molecule has 3 aromatic rings. The number of ether oxygens (including phenoxy) is 3. The molecule has 0 saturated heterocycles. The lowest BCUT2D eigenvalue weighted by atomic mass is 9.95. The second-order valence-corrected chi connectivity index (χ2v) is 11.4. The summed E-state index contributed by atoms with van der Waals surface area (Å²) in [7, 11) is 0. The Labute approximate surface area is 243 Å². The molecule has 2 heterocycles. The Morgan fingerprint density at radius 1 is 1.24 bits per heavy atom. The summed E-state index contributed by atoms with van der Waals surface area (Å²) in [5.74, 6) is 0.718. The fraction of sp³-hybridized carbons (Fsp3) is 0.321. The van der Waals surface area contributed by atoms with Crippen LogP contribution in [0, 0.1) is 3.57 Å². The van der Waals surface area contributed by atoms with Crippen molar-refractivity contribution in [1.29, 1.82) is 0 Å². The van der Waals surface area contributed by atoms with E-state index in [1.54, 1.807) is 30.6 Å². The SMILES string of the molecule is CCOC(=O)C1=C(C)N=c2s/c(=C\c3cc(Cl)cc(I)c3OCC)c(=O)n2[C@H]1c1ccccc1OC(C)C. The van der Waals surface area contributed by atoms with Gasteiger partial charge in [0.2, 0.25) is 0 Å². The number of fused-ring (bicyclic) bond motifs is 1. The highest BCUT2D eigenvalue weighted by molar-refractivity contribution is 14.1. The summed E-state index contributed by atoms with van der Waals surface area (Å²) in [6.45, 7) is 9.93. The van der Waals surface area contributed by atoms with Gasteiger partial charge in [0.1, 0.15) is 17.5 Å². The minimum Gasteiger partial charge on any atom is -0.492 e. The maximum Gasteiger partial charge on any atom is 0.338 e. The van der Waals surface area contributed by atoms with E-state index in [9.17, 15) is 9.59 Å². The number of para-hydroxylation sites is 1. The van der Waals surface area contributed by atoms with Crippen molar-refractivity contribution < 1.29 is 19.0 Å². The van der Waals surface area contributed by atoms with Gasteiger partial charge in [0, 0.05) is 16.1 Å². The summed E-state index contributed by atoms with van der Waals surface area (Å²) < 4.78 is 20.2. The molecule has 1 aromatic heterocycles. The molecule has 0 bridgehead atoms. The van der Waals surface area contributed by atoms with E-state index in [2.05, 4.69) is 27.6 Å². The number of esters is 1. The normalized spacial score (nSPS) is 15.4. The summed E-state index contributed by atoms with van der Waals surface area (Å²) in [5.41, 5.74) is 1.88. The molecule has 10 heteroatoms. The van der Waals surface area contributed by atoms with E-state index < -0.39 is 12.0 Å². The van der Waals surface area contributed by atoms with Crippen LogP contribution in [0.3, 0.4) is 0 Å². The highest BCUT2D eigenvalue weighted by Crippen LogP contribution is 2.36. The zero-order valence-corrected chi connectivity index (χ0v) is 25.4. The average Bonchev–Trinajstić information content (AvgIpc) is 3.15. The van der Waals surface area contributed by atoms with Crippen LogP contribution in [0.1, 0.15) is 51.8 Å². The van der Waals surface area contributed by atoms with Crippen molar-refractivity contribution in [2.24, 2.45) is 4.99 Å². The molecule has 4 rings (SSSR count). The molecule has 1 atom stereocenters. The maximum absolute atomic E-state index is 14.0. The summed E-state index contributed by atoms with van der Waals surface area (Å²) in [6, 6.07) is 10.2. The molecule has 200 valence electrons. The minimum absolute atomic E-state index is 0.106. The van der Waals surface area contributed by atoms with Crippen molar-refractivity contribution in [1.82, 2.24) is 4.57 Å². The number of aromatic nitrogens is 1. The number of thiazole rings is 1. The summed E-state index contributed by atoms with van der Waals surface area (Å²) in [6.07, 6.45) is 1.66. The Balaban J connectivity index is 2.01. The van der Waals surface area contributed by atoms with Crippen LogP contribution >= 0.6 is 45.5 Å². The molecule has 1 aliphatic rings. The van der Waals surface area contributed by atoms with E-state index in [-0.39, 0.29) is 18.3 Å². The monoisotopic (exact) mass is 666 g/mol. The van der Waals surface area contributed by atoms with Gasteiger partial charge in [-0.3, -0.25) is 9.36 Å². The van der Waals surface area contributed by atoms with Crippen LogP contribution in [0.5, 0.6) is 11.5 Å². The molecule has 0 radical (unpaired) electrons. The molecule has 0 fully saturated rings. The lowest BCUT2D eigenvalue weighted by Crippen LogP contribution is -2.40. The van der Waals surface area contributed by atoms with Gasteiger partial charge in [-0.1, -0.05) is 41.1 Å². The number of benzene rings is 2. The maximum atomic E-state index is 14.0. The second kappa shape index (κ2) is 12.0. The highest BCUT2D eigenvalue weighted by atomic mass is 127. The Hall–Kier alpha value is -2.63. The molecule has 38 heavy (non-hydrogen) atoms. The van der Waals surface area contributed by atoms with Crippen LogP contribution in [-0.4, -0.2) is 29.9 Å². The van der Waals surface area contributed by atoms with E-state index in [4.69, 9.17) is 25.8 Å². The molecule has 7 nitrogen and oxygen atoms in total. The number of carbonyl (C=O) groups is 1. The minimum atomic E-state index is -0.770. The Morgan fingerprint density at radius 2 is 1.97 bits per heavy atom. The molecule has 2 aromatic carbocycles. The van der Waals surface area contributed by atoms with Gasteiger partial charge in [-0.2, -0.15) is 0 Å². The van der Waals surface area contributed by atoms with E-state index >= 15 is 0 Å². The Bertz CT molecular complexity index is 1590. The number of rotatable bonds is 8. The largest absolute Gasteiger partial charge is 0.492 e. The molecule has 0 amide bonds. The lowest BCUT2D eigenvalue weighted by molar-refractivity contribution is -0.139. The number of hydrogen-bond donors (Lipinski definition) is 0. The van der Waals surface area contributed by atoms with Crippen LogP contribution < -0.4 is 24.4 Å². The van der Waals surface area contributed by atoms with Crippen LogP contribution in [0.2, 0.25) is 5.02 Å². The van der Waals surface area contributed by atoms with Crippen LogP contribution in [-0.2, 0) is 9.53 Å². The topological polar surface area (TPSA) is 79.1 Å². The highest BCUT2D eigenvalue weighted by Gasteiger charge is 2.35. The molecule has 0 unspecified atom stereocenters. The van der Waals surface area contributed by atoms with Crippen LogP contribution in [0.4, 0.5) is 0 Å². The summed E-state index contributed by atoms with van der Waals surface area (Å²) in [5, 5.41) is 0.537. The van der Waals surface area contributed by atoms with Crippen molar-refractivity contribution in [3.05, 3.63) is 87.1 Å². The van der Waals surface area contributed by atoms with Crippen LogP contribution in [0.15, 0.2) is 57.5 Å². The van der Waals surface area contributed by atoms with Gasteiger partial charge in [-0.15, -0.1) is 0 Å². The first-order valence-electron chi connectivity index (χ1n) is 12.2. The molecular weight excluding hydrogens is 639 g/mol. The molecule has 1 aliphatic heterocycles. The quantitative estimate of drug-likeness (QED) is 0.243. The fourth-order valence-corrected chi connectivity index (χ4v) is 6.53. The average molecular weight is 667 g/mol. The standard InChI is InChI=1S/C28H28ClIN2O5S/c1-6-35-25-17(12-18(29)14-20(25)30)13-22-26(33)32-24(19-10-8-9-11-21(19)37-15(3)4)23(27(34)36-7-2)16(5)31-28(32)38-22/h8-15,24H,6-7H2,1-5H3/b22-13-/t24-/m0/s1. The van der Waals surface area contributed by atoms with E-state index in [0.717, 1.165) is 3.57 Å². The van der Waals surface area contributed by atoms with E-state index in [0.29, 0.717) is 54.9 Å². The van der Waals surface area contributed by atoms with Gasteiger partial charge in [-0.05, 0) is 81.5 Å². The predicted octanol–water partition coefficient (Wildman–Crippen LogP) is 5.24. The van der Waals surface area contributed by atoms with Crippen LogP contribution in [0.25, 0.3) is 6.08 Å². The number of nitrogens with zero attached hydrogens (tertiary/aromatic N) is 2. The zero-order chi connectivity index (χ0) is 27.6. The number of carbonyl (C=O) groups excluding carboxylic acids is 1. The fourth-order valence-electron chi connectivity index (χ4n) is 4.28. The van der Waals surface area contributed by atoms with Gasteiger partial charge >= 0.3 is 5.97 Å². The smallest absolute Gasteiger partial charge is 0.338 e. The third kappa shape index (κ3) is 5.69. The van der Waals surface area contributed by atoms with Crippen molar-refractivity contribution in [2.45, 2.75) is 46.8 Å². The first-order valence-corrected chi connectivity index (χ1v) is 14.5. The second-order valence-electron chi connectivity index (χ2n) is 8.75. The molecule has 0 spiro atoms. The van der Waals surface area contributed by atoms with Gasteiger partial charge in [0.25, 0.3) is 5.56 Å². The number of hydrogen-bond acceptors (Lipinski definition) is 7. The van der Waals surface area contributed by atoms with Gasteiger partial charge < -0.3 is 14.2 Å². The van der Waals surface area contributed by atoms with Gasteiger partial charge in [0.05, 0.1) is 38.7 Å². The van der Waals surface area contributed by atoms with Crippen molar-refractivity contribution in [2.75, 3.05) is 13.2 Å². The Morgan fingerprint density at radius 3 is 2.66 bits per heavy atom. The first kappa shape index (κ1) is 28.4. The molecule has 0 saturated carbocycles. The number of allylic oxidation sites excluding steroid dienone is 1. The van der Waals surface area contributed by atoms with E-state index in [1.165, 1.54) is 11.3 Å². The third-order valence-corrected chi connectivity index (χ3v) is 7.71. The van der Waals surface area contributed by atoms with Gasteiger partial charge in [-0.25, -0.2) is 9.79 Å². The van der Waals surface area contributed by atoms with Crippen molar-refractivity contribution in [3.8, 4) is 11.5 Å². The Kier molecular flexibility index (Phi) is 9.00.